The number of sulfonamides is 1. The molecule has 1 N–H and O–H groups in total. The van der Waals surface area contributed by atoms with Crippen molar-refractivity contribution in [2.75, 3.05) is 13.7 Å². The number of hydrogen-bond acceptors (Lipinski definition) is 6. The molecule has 0 fully saturated rings. The smallest absolute Gasteiger partial charge is 0.374 e. The Bertz CT molecular complexity index is 1050. The van der Waals surface area contributed by atoms with E-state index in [-0.39, 0.29) is 23.8 Å². The van der Waals surface area contributed by atoms with Crippen molar-refractivity contribution in [3.8, 4) is 5.75 Å². The highest BCUT2D eigenvalue weighted by atomic mass is 32.2. The van der Waals surface area contributed by atoms with E-state index in [1.165, 1.54) is 19.2 Å². The zero-order chi connectivity index (χ0) is 19.4. The highest BCUT2D eigenvalue weighted by Crippen LogP contribution is 2.27. The van der Waals surface area contributed by atoms with Crippen LogP contribution in [0.1, 0.15) is 23.0 Å². The summed E-state index contributed by atoms with van der Waals surface area (Å²) < 4.78 is 43.3. The van der Waals surface area contributed by atoms with Crippen molar-refractivity contribution < 1.29 is 27.1 Å². The molecule has 0 aliphatic heterocycles. The Morgan fingerprint density at radius 2 is 1.81 bits per heavy atom. The molecule has 0 saturated heterocycles. The summed E-state index contributed by atoms with van der Waals surface area (Å²) >= 11 is 0. The van der Waals surface area contributed by atoms with Gasteiger partial charge >= 0.3 is 5.97 Å². The standard InChI is InChI=1S/C19H19NO6S/c1-3-25-19(21)18-16(15-6-4-5-7-17(15)26-18)12-20-27(22,23)14-10-8-13(24-2)9-11-14/h4-11,20H,3,12H2,1-2H3. The van der Waals surface area contributed by atoms with E-state index in [0.29, 0.717) is 22.3 Å². The van der Waals surface area contributed by atoms with Crippen LogP contribution in [0.2, 0.25) is 0 Å². The number of esters is 1. The number of hydrogen-bond donors (Lipinski definition) is 1. The molecule has 0 bridgehead atoms. The van der Waals surface area contributed by atoms with Crippen molar-refractivity contribution in [2.45, 2.75) is 18.4 Å². The van der Waals surface area contributed by atoms with Crippen molar-refractivity contribution in [1.82, 2.24) is 4.72 Å². The average Bonchev–Trinajstić information content (AvgIpc) is 3.05. The van der Waals surface area contributed by atoms with Crippen molar-refractivity contribution in [1.29, 1.82) is 0 Å². The number of rotatable bonds is 7. The summed E-state index contributed by atoms with van der Waals surface area (Å²) in [4.78, 5) is 12.3. The van der Waals surface area contributed by atoms with Gasteiger partial charge in [0, 0.05) is 17.5 Å². The van der Waals surface area contributed by atoms with Gasteiger partial charge in [0.25, 0.3) is 0 Å². The number of carbonyl (C=O) groups excluding carboxylic acids is 1. The summed E-state index contributed by atoms with van der Waals surface area (Å²) in [5.74, 6) is -0.0813. The van der Waals surface area contributed by atoms with Crippen LogP contribution in [0.15, 0.2) is 57.8 Å². The Hall–Kier alpha value is -2.84. The largest absolute Gasteiger partial charge is 0.497 e. The quantitative estimate of drug-likeness (QED) is 0.624. The molecule has 142 valence electrons. The van der Waals surface area contributed by atoms with Gasteiger partial charge in [-0.15, -0.1) is 0 Å². The number of carbonyl (C=O) groups is 1. The third kappa shape index (κ3) is 3.96. The van der Waals surface area contributed by atoms with E-state index in [4.69, 9.17) is 13.9 Å². The van der Waals surface area contributed by atoms with E-state index in [0.717, 1.165) is 0 Å². The molecule has 8 heteroatoms. The van der Waals surface area contributed by atoms with E-state index >= 15 is 0 Å². The van der Waals surface area contributed by atoms with E-state index < -0.39 is 16.0 Å². The summed E-state index contributed by atoms with van der Waals surface area (Å²) in [7, 11) is -2.28. The molecule has 0 saturated carbocycles. The lowest BCUT2D eigenvalue weighted by Gasteiger charge is -2.08. The SMILES string of the molecule is CCOC(=O)c1oc2ccccc2c1CNS(=O)(=O)c1ccc(OC)cc1. The molecule has 3 rings (SSSR count). The number of methoxy groups -OCH3 is 1. The summed E-state index contributed by atoms with van der Waals surface area (Å²) in [6, 6.07) is 13.0. The van der Waals surface area contributed by atoms with Gasteiger partial charge in [-0.2, -0.15) is 0 Å². The Labute approximate surface area is 156 Å². The second kappa shape index (κ2) is 7.81. The van der Waals surface area contributed by atoms with Crippen LogP contribution in [0.25, 0.3) is 11.0 Å². The van der Waals surface area contributed by atoms with Crippen LogP contribution in [0.5, 0.6) is 5.75 Å². The van der Waals surface area contributed by atoms with Gasteiger partial charge in [-0.1, -0.05) is 18.2 Å². The topological polar surface area (TPSA) is 94.8 Å². The van der Waals surface area contributed by atoms with Gasteiger partial charge in [0.15, 0.2) is 0 Å². The zero-order valence-corrected chi connectivity index (χ0v) is 15.7. The van der Waals surface area contributed by atoms with E-state index in [1.807, 2.05) is 0 Å². The van der Waals surface area contributed by atoms with E-state index in [2.05, 4.69) is 4.72 Å². The number of benzene rings is 2. The number of fused-ring (bicyclic) bond motifs is 1. The molecule has 0 spiro atoms. The highest BCUT2D eigenvalue weighted by molar-refractivity contribution is 7.89. The predicted octanol–water partition coefficient (Wildman–Crippen LogP) is 3.10. The molecule has 0 aliphatic rings. The minimum atomic E-state index is -3.78. The Balaban J connectivity index is 1.91. The Kier molecular flexibility index (Phi) is 5.48. The van der Waals surface area contributed by atoms with Crippen molar-refractivity contribution in [3.63, 3.8) is 0 Å². The molecule has 7 nitrogen and oxygen atoms in total. The predicted molar refractivity (Wildman–Crippen MR) is 99.2 cm³/mol. The number of furan rings is 1. The summed E-state index contributed by atoms with van der Waals surface area (Å²) in [5.41, 5.74) is 0.917. The fourth-order valence-corrected chi connectivity index (χ4v) is 3.64. The molecule has 3 aromatic rings. The first-order valence-corrected chi connectivity index (χ1v) is 9.76. The maximum atomic E-state index is 12.6. The highest BCUT2D eigenvalue weighted by Gasteiger charge is 2.23. The Morgan fingerprint density at radius 1 is 1.11 bits per heavy atom. The lowest BCUT2D eigenvalue weighted by Crippen LogP contribution is -2.24. The molecule has 0 unspecified atom stereocenters. The molecule has 2 aromatic carbocycles. The average molecular weight is 389 g/mol. The molecule has 1 aromatic heterocycles. The van der Waals surface area contributed by atoms with Gasteiger partial charge in [-0.05, 0) is 37.3 Å². The van der Waals surface area contributed by atoms with Crippen molar-refractivity contribution in [2.24, 2.45) is 0 Å². The fraction of sp³-hybridized carbons (Fsp3) is 0.211. The molecule has 0 atom stereocenters. The minimum Gasteiger partial charge on any atom is -0.497 e. The lowest BCUT2D eigenvalue weighted by atomic mass is 10.1. The van der Waals surface area contributed by atoms with Crippen LogP contribution < -0.4 is 9.46 Å². The van der Waals surface area contributed by atoms with Crippen LogP contribution in [0.3, 0.4) is 0 Å². The summed E-state index contributed by atoms with van der Waals surface area (Å²) in [6.07, 6.45) is 0. The summed E-state index contributed by atoms with van der Waals surface area (Å²) in [6.45, 7) is 1.76. The monoisotopic (exact) mass is 389 g/mol. The third-order valence-electron chi connectivity index (χ3n) is 3.97. The second-order valence-electron chi connectivity index (χ2n) is 5.63. The minimum absolute atomic E-state index is 0.00418. The maximum Gasteiger partial charge on any atom is 0.374 e. The molecule has 1 heterocycles. The fourth-order valence-electron chi connectivity index (χ4n) is 2.64. The second-order valence-corrected chi connectivity index (χ2v) is 7.39. The number of ether oxygens (including phenoxy) is 2. The van der Waals surface area contributed by atoms with Crippen LogP contribution in [0, 0.1) is 0 Å². The molecule has 0 amide bonds. The first-order valence-electron chi connectivity index (χ1n) is 8.27. The molecular formula is C19H19NO6S. The lowest BCUT2D eigenvalue weighted by molar-refractivity contribution is 0.0491. The van der Waals surface area contributed by atoms with Gasteiger partial charge in [0.2, 0.25) is 15.8 Å². The zero-order valence-electron chi connectivity index (χ0n) is 14.9. The van der Waals surface area contributed by atoms with E-state index in [9.17, 15) is 13.2 Å². The van der Waals surface area contributed by atoms with Gasteiger partial charge in [0.1, 0.15) is 11.3 Å². The van der Waals surface area contributed by atoms with Gasteiger partial charge in [0.05, 0.1) is 18.6 Å². The molecular weight excluding hydrogens is 370 g/mol. The van der Waals surface area contributed by atoms with Crippen LogP contribution in [-0.4, -0.2) is 28.1 Å². The van der Waals surface area contributed by atoms with Crippen molar-refractivity contribution >= 4 is 27.0 Å². The van der Waals surface area contributed by atoms with E-state index in [1.54, 1.807) is 43.3 Å². The van der Waals surface area contributed by atoms with Gasteiger partial charge in [-0.25, -0.2) is 17.9 Å². The van der Waals surface area contributed by atoms with Crippen molar-refractivity contribution in [3.05, 3.63) is 59.9 Å². The summed E-state index contributed by atoms with van der Waals surface area (Å²) in [5, 5.41) is 0.651. The maximum absolute atomic E-state index is 12.6. The van der Waals surface area contributed by atoms with Gasteiger partial charge in [-0.3, -0.25) is 0 Å². The molecule has 0 radical (unpaired) electrons. The first-order chi connectivity index (χ1) is 13.0. The number of nitrogens with one attached hydrogen (secondary N) is 1. The van der Waals surface area contributed by atoms with Gasteiger partial charge < -0.3 is 13.9 Å². The normalized spacial score (nSPS) is 11.5. The third-order valence-corrected chi connectivity index (χ3v) is 5.38. The first kappa shape index (κ1) is 18.9. The molecule has 0 aliphatic carbocycles. The van der Waals surface area contributed by atoms with Crippen LogP contribution in [0.4, 0.5) is 0 Å². The molecule has 27 heavy (non-hydrogen) atoms. The number of para-hydroxylation sites is 1. The van der Waals surface area contributed by atoms with Crippen LogP contribution in [-0.2, 0) is 21.3 Å². The van der Waals surface area contributed by atoms with Crippen LogP contribution >= 0.6 is 0 Å². The Morgan fingerprint density at radius 3 is 2.48 bits per heavy atom.